The Kier molecular flexibility index (Phi) is 3.19. The number of Topliss-reactive ketones (excluding diaryl/α,β-unsaturated/α-hetero) is 1. The van der Waals surface area contributed by atoms with Crippen molar-refractivity contribution in [1.29, 1.82) is 0 Å². The summed E-state index contributed by atoms with van der Waals surface area (Å²) in [4.78, 5) is 16.4. The summed E-state index contributed by atoms with van der Waals surface area (Å²) in [6.07, 6.45) is 4.58. The number of thiazole rings is 1. The number of aryl methyl sites for hydroxylation is 1. The summed E-state index contributed by atoms with van der Waals surface area (Å²) < 4.78 is 0. The van der Waals surface area contributed by atoms with Crippen LogP contribution in [0.25, 0.3) is 0 Å². The van der Waals surface area contributed by atoms with Crippen molar-refractivity contribution < 1.29 is 4.79 Å². The molecule has 0 aromatic carbocycles. The highest BCUT2D eigenvalue weighted by Crippen LogP contribution is 2.31. The Morgan fingerprint density at radius 1 is 1.53 bits per heavy atom. The molecule has 0 radical (unpaired) electrons. The number of hydrogen-bond donors (Lipinski definition) is 0. The molecule has 2 atom stereocenters. The lowest BCUT2D eigenvalue weighted by molar-refractivity contribution is 0.0863. The zero-order chi connectivity index (χ0) is 10.8. The van der Waals surface area contributed by atoms with Gasteiger partial charge in [0, 0.05) is 11.3 Å². The van der Waals surface area contributed by atoms with E-state index < -0.39 is 0 Å². The average molecular weight is 223 g/mol. The van der Waals surface area contributed by atoms with E-state index in [0.717, 1.165) is 17.8 Å². The molecule has 1 aromatic heterocycles. The van der Waals surface area contributed by atoms with Crippen LogP contribution in [0.1, 0.15) is 48.1 Å². The van der Waals surface area contributed by atoms with Gasteiger partial charge in [-0.3, -0.25) is 4.79 Å². The molecular weight excluding hydrogens is 206 g/mol. The lowest BCUT2D eigenvalue weighted by atomic mass is 9.80. The van der Waals surface area contributed by atoms with Crippen LogP contribution in [0.3, 0.4) is 0 Å². The zero-order valence-electron chi connectivity index (χ0n) is 9.32. The van der Waals surface area contributed by atoms with Gasteiger partial charge in [-0.1, -0.05) is 19.8 Å². The van der Waals surface area contributed by atoms with Gasteiger partial charge in [-0.2, -0.15) is 0 Å². The minimum atomic E-state index is 0.232. The van der Waals surface area contributed by atoms with Crippen molar-refractivity contribution in [2.75, 3.05) is 0 Å². The van der Waals surface area contributed by atoms with Gasteiger partial charge in [0.25, 0.3) is 0 Å². The number of nitrogens with zero attached hydrogens (tertiary/aromatic N) is 1. The third-order valence-electron chi connectivity index (χ3n) is 3.18. The number of carbonyl (C=O) groups is 1. The van der Waals surface area contributed by atoms with Crippen LogP contribution in [-0.2, 0) is 0 Å². The van der Waals surface area contributed by atoms with E-state index >= 15 is 0 Å². The fourth-order valence-corrected chi connectivity index (χ4v) is 2.96. The van der Waals surface area contributed by atoms with Crippen LogP contribution < -0.4 is 0 Å². The number of hydrogen-bond acceptors (Lipinski definition) is 3. The van der Waals surface area contributed by atoms with Crippen molar-refractivity contribution in [2.45, 2.75) is 39.5 Å². The van der Waals surface area contributed by atoms with Gasteiger partial charge in [-0.05, 0) is 25.7 Å². The topological polar surface area (TPSA) is 30.0 Å². The summed E-state index contributed by atoms with van der Waals surface area (Å²) in [7, 11) is 0. The van der Waals surface area contributed by atoms with Crippen molar-refractivity contribution in [1.82, 2.24) is 4.98 Å². The fraction of sp³-hybridized carbons (Fsp3) is 0.667. The van der Waals surface area contributed by atoms with Gasteiger partial charge >= 0.3 is 0 Å². The monoisotopic (exact) mass is 223 g/mol. The summed E-state index contributed by atoms with van der Waals surface area (Å²) in [6, 6.07) is 0. The molecule has 1 aromatic rings. The predicted molar refractivity (Wildman–Crippen MR) is 62.3 cm³/mol. The standard InChI is InChI=1S/C12H17NOS/c1-8-4-3-5-10(6-8)12(14)11-7-15-9(2)13-11/h7-8,10H,3-6H2,1-2H3. The van der Waals surface area contributed by atoms with Crippen LogP contribution in [0.15, 0.2) is 5.38 Å². The van der Waals surface area contributed by atoms with Gasteiger partial charge in [0.2, 0.25) is 0 Å². The van der Waals surface area contributed by atoms with E-state index in [1.807, 2.05) is 12.3 Å². The molecule has 0 spiro atoms. The maximum atomic E-state index is 12.1. The number of aromatic nitrogens is 1. The van der Waals surface area contributed by atoms with Crippen LogP contribution >= 0.6 is 11.3 Å². The fourth-order valence-electron chi connectivity index (χ4n) is 2.36. The second-order valence-corrected chi connectivity index (χ2v) is 5.65. The molecule has 3 heteroatoms. The lowest BCUT2D eigenvalue weighted by Crippen LogP contribution is -2.22. The molecule has 1 aliphatic carbocycles. The first-order chi connectivity index (χ1) is 7.16. The SMILES string of the molecule is Cc1nc(C(=O)C2CCCC(C)C2)cs1. The summed E-state index contributed by atoms with van der Waals surface area (Å²) in [5.41, 5.74) is 0.691. The lowest BCUT2D eigenvalue weighted by Gasteiger charge is -2.24. The minimum absolute atomic E-state index is 0.232. The Balaban J connectivity index is 2.07. The van der Waals surface area contributed by atoms with Crippen LogP contribution in [0.5, 0.6) is 0 Å². The predicted octanol–water partition coefficient (Wildman–Crippen LogP) is 3.46. The third-order valence-corrected chi connectivity index (χ3v) is 3.95. The van der Waals surface area contributed by atoms with Crippen LogP contribution in [-0.4, -0.2) is 10.8 Å². The molecule has 0 bridgehead atoms. The summed E-state index contributed by atoms with van der Waals surface area (Å²) in [5, 5.41) is 2.89. The quantitative estimate of drug-likeness (QED) is 0.719. The Labute approximate surface area is 94.7 Å². The maximum Gasteiger partial charge on any atom is 0.185 e. The van der Waals surface area contributed by atoms with Gasteiger partial charge < -0.3 is 0 Å². The van der Waals surface area contributed by atoms with Crippen molar-refractivity contribution >= 4 is 17.1 Å². The van der Waals surface area contributed by atoms with Gasteiger partial charge in [0.05, 0.1) is 5.01 Å². The molecule has 2 unspecified atom stereocenters. The van der Waals surface area contributed by atoms with Crippen molar-refractivity contribution in [3.05, 3.63) is 16.1 Å². The molecule has 1 fully saturated rings. The highest BCUT2D eigenvalue weighted by Gasteiger charge is 2.26. The highest BCUT2D eigenvalue weighted by molar-refractivity contribution is 7.09. The Bertz CT molecular complexity index is 358. The van der Waals surface area contributed by atoms with E-state index in [4.69, 9.17) is 0 Å². The van der Waals surface area contributed by atoms with Crippen LogP contribution in [0.2, 0.25) is 0 Å². The van der Waals surface area contributed by atoms with E-state index in [2.05, 4.69) is 11.9 Å². The molecule has 15 heavy (non-hydrogen) atoms. The number of rotatable bonds is 2. The smallest absolute Gasteiger partial charge is 0.185 e. The molecular formula is C12H17NOS. The maximum absolute atomic E-state index is 12.1. The molecule has 0 aliphatic heterocycles. The van der Waals surface area contributed by atoms with E-state index in [-0.39, 0.29) is 11.7 Å². The van der Waals surface area contributed by atoms with E-state index in [1.54, 1.807) is 11.3 Å². The highest BCUT2D eigenvalue weighted by atomic mass is 32.1. The first-order valence-corrected chi connectivity index (χ1v) is 6.51. The van der Waals surface area contributed by atoms with E-state index in [1.165, 1.54) is 12.8 Å². The Morgan fingerprint density at radius 3 is 2.93 bits per heavy atom. The van der Waals surface area contributed by atoms with Gasteiger partial charge in [0.15, 0.2) is 5.78 Å². The largest absolute Gasteiger partial charge is 0.292 e. The number of carbonyl (C=O) groups excluding carboxylic acids is 1. The van der Waals surface area contributed by atoms with Gasteiger partial charge in [-0.15, -0.1) is 11.3 Å². The first-order valence-electron chi connectivity index (χ1n) is 5.63. The van der Waals surface area contributed by atoms with Crippen LogP contribution in [0, 0.1) is 18.8 Å². The van der Waals surface area contributed by atoms with Crippen molar-refractivity contribution in [3.8, 4) is 0 Å². The Morgan fingerprint density at radius 2 is 2.33 bits per heavy atom. The molecule has 2 nitrogen and oxygen atoms in total. The van der Waals surface area contributed by atoms with Crippen molar-refractivity contribution in [2.24, 2.45) is 11.8 Å². The summed E-state index contributed by atoms with van der Waals surface area (Å²) >= 11 is 1.57. The second kappa shape index (κ2) is 4.44. The van der Waals surface area contributed by atoms with Crippen LogP contribution in [0.4, 0.5) is 0 Å². The average Bonchev–Trinajstić information content (AvgIpc) is 2.64. The molecule has 0 saturated heterocycles. The zero-order valence-corrected chi connectivity index (χ0v) is 10.1. The van der Waals surface area contributed by atoms with Gasteiger partial charge in [0.1, 0.15) is 5.69 Å². The molecule has 2 rings (SSSR count). The Hall–Kier alpha value is -0.700. The molecule has 82 valence electrons. The minimum Gasteiger partial charge on any atom is -0.292 e. The summed E-state index contributed by atoms with van der Waals surface area (Å²) in [6.45, 7) is 4.19. The third kappa shape index (κ3) is 2.46. The van der Waals surface area contributed by atoms with Crippen molar-refractivity contribution in [3.63, 3.8) is 0 Å². The van der Waals surface area contributed by atoms with E-state index in [0.29, 0.717) is 11.6 Å². The molecule has 1 heterocycles. The second-order valence-electron chi connectivity index (χ2n) is 4.58. The molecule has 0 N–H and O–H groups in total. The molecule has 1 saturated carbocycles. The summed E-state index contributed by atoms with van der Waals surface area (Å²) in [5.74, 6) is 1.20. The molecule has 0 amide bonds. The van der Waals surface area contributed by atoms with E-state index in [9.17, 15) is 4.79 Å². The molecule has 1 aliphatic rings. The van der Waals surface area contributed by atoms with Gasteiger partial charge in [-0.25, -0.2) is 4.98 Å². The first kappa shape index (κ1) is 10.8. The normalized spacial score (nSPS) is 26.5. The number of ketones is 1.